The van der Waals surface area contributed by atoms with Crippen LogP contribution in [0.3, 0.4) is 0 Å². The molecule has 202 valence electrons. The Morgan fingerprint density at radius 1 is 0.895 bits per heavy atom. The standard InChI is InChI=1S/C30H33Cl3N2O3/c1-30(2,3)34-29(37)27(19-21-8-5-4-6-9-21)35(20-22-11-16-25(32)26(33)18-22)28(36)10-7-17-38-24-14-12-23(31)13-15-24/h4-6,8-9,11-16,18,27H,7,10,17,19-20H2,1-3H3,(H,34,37). The second-order valence-corrected chi connectivity index (χ2v) is 11.4. The monoisotopic (exact) mass is 574 g/mol. The first kappa shape index (κ1) is 29.8. The van der Waals surface area contributed by atoms with Crippen molar-refractivity contribution in [3.05, 3.63) is 99.0 Å². The minimum absolute atomic E-state index is 0.152. The van der Waals surface area contributed by atoms with Gasteiger partial charge in [0.2, 0.25) is 11.8 Å². The fourth-order valence-electron chi connectivity index (χ4n) is 3.93. The summed E-state index contributed by atoms with van der Waals surface area (Å²) in [6.07, 6.45) is 1.07. The number of hydrogen-bond donors (Lipinski definition) is 1. The SMILES string of the molecule is CC(C)(C)NC(=O)C(Cc1ccccc1)N(Cc1ccc(Cl)c(Cl)c1)C(=O)CCCOc1ccc(Cl)cc1. The smallest absolute Gasteiger partial charge is 0.243 e. The number of carbonyl (C=O) groups excluding carboxylic acids is 2. The van der Waals surface area contributed by atoms with Gasteiger partial charge in [0.05, 0.1) is 16.7 Å². The summed E-state index contributed by atoms with van der Waals surface area (Å²) in [6, 6.07) is 21.3. The van der Waals surface area contributed by atoms with Crippen molar-refractivity contribution in [3.8, 4) is 5.75 Å². The van der Waals surface area contributed by atoms with Crippen LogP contribution in [0.2, 0.25) is 15.1 Å². The molecule has 0 aliphatic heterocycles. The van der Waals surface area contributed by atoms with Crippen LogP contribution in [0.1, 0.15) is 44.7 Å². The lowest BCUT2D eigenvalue weighted by Crippen LogP contribution is -2.54. The summed E-state index contributed by atoms with van der Waals surface area (Å²) in [5, 5.41) is 4.51. The molecule has 2 amide bonds. The molecule has 1 unspecified atom stereocenters. The molecule has 0 aliphatic rings. The minimum atomic E-state index is -0.726. The molecule has 0 aliphatic carbocycles. The molecule has 0 saturated heterocycles. The molecule has 3 aromatic rings. The zero-order valence-corrected chi connectivity index (χ0v) is 24.1. The first-order valence-electron chi connectivity index (χ1n) is 12.5. The maximum absolute atomic E-state index is 13.7. The molecule has 0 radical (unpaired) electrons. The summed E-state index contributed by atoms with van der Waals surface area (Å²) >= 11 is 18.3. The van der Waals surface area contributed by atoms with Crippen molar-refractivity contribution in [1.29, 1.82) is 0 Å². The van der Waals surface area contributed by atoms with E-state index in [1.165, 1.54) is 0 Å². The van der Waals surface area contributed by atoms with Gasteiger partial charge in [-0.15, -0.1) is 0 Å². The van der Waals surface area contributed by atoms with Gasteiger partial charge in [0.1, 0.15) is 11.8 Å². The van der Waals surface area contributed by atoms with E-state index < -0.39 is 11.6 Å². The van der Waals surface area contributed by atoms with Crippen LogP contribution in [0.5, 0.6) is 5.75 Å². The highest BCUT2D eigenvalue weighted by Crippen LogP contribution is 2.25. The highest BCUT2D eigenvalue weighted by atomic mass is 35.5. The van der Waals surface area contributed by atoms with Crippen molar-refractivity contribution in [3.63, 3.8) is 0 Å². The fourth-order valence-corrected chi connectivity index (χ4v) is 4.38. The van der Waals surface area contributed by atoms with E-state index in [1.54, 1.807) is 41.3 Å². The van der Waals surface area contributed by atoms with Crippen molar-refractivity contribution in [2.75, 3.05) is 6.61 Å². The molecule has 0 fully saturated rings. The fraction of sp³-hybridized carbons (Fsp3) is 0.333. The normalized spacial score (nSPS) is 12.1. The lowest BCUT2D eigenvalue weighted by molar-refractivity contribution is -0.142. The molecule has 1 N–H and O–H groups in total. The van der Waals surface area contributed by atoms with Gasteiger partial charge >= 0.3 is 0 Å². The number of ether oxygens (including phenoxy) is 1. The highest BCUT2D eigenvalue weighted by molar-refractivity contribution is 6.42. The van der Waals surface area contributed by atoms with Gasteiger partial charge < -0.3 is 15.0 Å². The van der Waals surface area contributed by atoms with Crippen LogP contribution in [0.15, 0.2) is 72.8 Å². The van der Waals surface area contributed by atoms with E-state index in [1.807, 2.05) is 57.2 Å². The molecule has 8 heteroatoms. The molecule has 3 aromatic carbocycles. The quantitative estimate of drug-likeness (QED) is 0.243. The van der Waals surface area contributed by atoms with Gasteiger partial charge in [-0.25, -0.2) is 0 Å². The molecule has 38 heavy (non-hydrogen) atoms. The van der Waals surface area contributed by atoms with Crippen LogP contribution >= 0.6 is 34.8 Å². The Hall–Kier alpha value is -2.73. The van der Waals surface area contributed by atoms with E-state index in [0.29, 0.717) is 40.3 Å². The Balaban J connectivity index is 1.83. The first-order valence-corrected chi connectivity index (χ1v) is 13.6. The topological polar surface area (TPSA) is 58.6 Å². The number of nitrogens with zero attached hydrogens (tertiary/aromatic N) is 1. The van der Waals surface area contributed by atoms with Gasteiger partial charge in [-0.1, -0.05) is 71.2 Å². The Morgan fingerprint density at radius 2 is 1.58 bits per heavy atom. The van der Waals surface area contributed by atoms with E-state index in [9.17, 15) is 9.59 Å². The third-order valence-electron chi connectivity index (χ3n) is 5.72. The Labute approximate surface area is 240 Å². The van der Waals surface area contributed by atoms with Gasteiger partial charge in [-0.2, -0.15) is 0 Å². The summed E-state index contributed by atoms with van der Waals surface area (Å²) in [5.41, 5.74) is 1.28. The van der Waals surface area contributed by atoms with Crippen molar-refractivity contribution in [2.45, 2.75) is 58.2 Å². The zero-order chi connectivity index (χ0) is 27.7. The van der Waals surface area contributed by atoms with Crippen LogP contribution in [-0.4, -0.2) is 34.9 Å². The Bertz CT molecular complexity index is 1210. The van der Waals surface area contributed by atoms with E-state index >= 15 is 0 Å². The van der Waals surface area contributed by atoms with Crippen LogP contribution < -0.4 is 10.1 Å². The lowest BCUT2D eigenvalue weighted by Gasteiger charge is -2.34. The molecule has 0 saturated carbocycles. The van der Waals surface area contributed by atoms with Gasteiger partial charge in [0.15, 0.2) is 0 Å². The number of rotatable bonds is 11. The van der Waals surface area contributed by atoms with E-state index in [4.69, 9.17) is 39.5 Å². The minimum Gasteiger partial charge on any atom is -0.494 e. The van der Waals surface area contributed by atoms with Crippen molar-refractivity contribution < 1.29 is 14.3 Å². The third kappa shape index (κ3) is 9.54. The van der Waals surface area contributed by atoms with Crippen LogP contribution in [-0.2, 0) is 22.6 Å². The number of carbonyl (C=O) groups is 2. The predicted octanol–water partition coefficient (Wildman–Crippen LogP) is 7.36. The van der Waals surface area contributed by atoms with E-state index in [0.717, 1.165) is 11.1 Å². The molecular formula is C30H33Cl3N2O3. The van der Waals surface area contributed by atoms with Crippen molar-refractivity contribution >= 4 is 46.6 Å². The van der Waals surface area contributed by atoms with Crippen LogP contribution in [0, 0.1) is 0 Å². The number of nitrogens with one attached hydrogen (secondary N) is 1. The number of halogens is 3. The molecule has 0 bridgehead atoms. The molecule has 5 nitrogen and oxygen atoms in total. The highest BCUT2D eigenvalue weighted by Gasteiger charge is 2.32. The molecule has 0 spiro atoms. The summed E-state index contributed by atoms with van der Waals surface area (Å²) in [7, 11) is 0. The van der Waals surface area contributed by atoms with Gasteiger partial charge in [-0.3, -0.25) is 9.59 Å². The van der Waals surface area contributed by atoms with Crippen LogP contribution in [0.25, 0.3) is 0 Å². The largest absolute Gasteiger partial charge is 0.494 e. The predicted molar refractivity (Wildman–Crippen MR) is 155 cm³/mol. The summed E-state index contributed by atoms with van der Waals surface area (Å²) in [4.78, 5) is 28.9. The Kier molecular flexibility index (Phi) is 10.9. The molecule has 0 heterocycles. The Morgan fingerprint density at radius 3 is 2.21 bits per heavy atom. The summed E-state index contributed by atoms with van der Waals surface area (Å²) in [5.74, 6) is 0.314. The molecule has 0 aromatic heterocycles. The average molecular weight is 576 g/mol. The second kappa shape index (κ2) is 13.9. The lowest BCUT2D eigenvalue weighted by atomic mass is 10.00. The maximum Gasteiger partial charge on any atom is 0.243 e. The maximum atomic E-state index is 13.7. The third-order valence-corrected chi connectivity index (χ3v) is 6.71. The van der Waals surface area contributed by atoms with Crippen LogP contribution in [0.4, 0.5) is 0 Å². The van der Waals surface area contributed by atoms with Gasteiger partial charge in [0, 0.05) is 29.9 Å². The number of amides is 2. The average Bonchev–Trinajstić information content (AvgIpc) is 2.86. The second-order valence-electron chi connectivity index (χ2n) is 10.1. The zero-order valence-electron chi connectivity index (χ0n) is 21.8. The molecular weight excluding hydrogens is 543 g/mol. The van der Waals surface area contributed by atoms with Gasteiger partial charge in [0.25, 0.3) is 0 Å². The van der Waals surface area contributed by atoms with Crippen molar-refractivity contribution in [2.24, 2.45) is 0 Å². The molecule has 3 rings (SSSR count). The number of hydrogen-bond acceptors (Lipinski definition) is 3. The summed E-state index contributed by atoms with van der Waals surface area (Å²) < 4.78 is 5.77. The molecule has 1 atom stereocenters. The summed E-state index contributed by atoms with van der Waals surface area (Å²) in [6.45, 7) is 6.32. The number of benzene rings is 3. The van der Waals surface area contributed by atoms with E-state index in [2.05, 4.69) is 5.32 Å². The first-order chi connectivity index (χ1) is 18.0. The van der Waals surface area contributed by atoms with E-state index in [-0.39, 0.29) is 24.8 Å². The van der Waals surface area contributed by atoms with Gasteiger partial charge in [-0.05, 0) is 74.7 Å². The van der Waals surface area contributed by atoms with Crippen molar-refractivity contribution in [1.82, 2.24) is 10.2 Å².